The second kappa shape index (κ2) is 6.11. The first-order valence-electron chi connectivity index (χ1n) is 5.78. The van der Waals surface area contributed by atoms with Crippen LogP contribution in [0.3, 0.4) is 0 Å². The van der Waals surface area contributed by atoms with Gasteiger partial charge in [-0.1, -0.05) is 23.2 Å². The zero-order valence-electron chi connectivity index (χ0n) is 10.9. The van der Waals surface area contributed by atoms with Gasteiger partial charge in [0, 0.05) is 25.3 Å². The van der Waals surface area contributed by atoms with Crippen molar-refractivity contribution in [1.29, 1.82) is 0 Å². The van der Waals surface area contributed by atoms with Crippen molar-refractivity contribution < 1.29 is 9.53 Å². The molecule has 0 aliphatic carbocycles. The number of esters is 1. The minimum absolute atomic E-state index is 0.262. The molecule has 6 heteroatoms. The lowest BCUT2D eigenvalue weighted by molar-refractivity contribution is 0.0734. The van der Waals surface area contributed by atoms with Gasteiger partial charge in [-0.25, -0.2) is 9.78 Å². The Bertz CT molecular complexity index is 628. The van der Waals surface area contributed by atoms with Crippen LogP contribution in [0.15, 0.2) is 36.5 Å². The fraction of sp³-hybridized carbons (Fsp3) is 0.143. The van der Waals surface area contributed by atoms with Gasteiger partial charge in [-0.05, 0) is 30.3 Å². The van der Waals surface area contributed by atoms with Crippen molar-refractivity contribution in [3.8, 4) is 5.75 Å². The van der Waals surface area contributed by atoms with Crippen LogP contribution in [-0.4, -0.2) is 25.0 Å². The maximum atomic E-state index is 12.0. The van der Waals surface area contributed by atoms with Crippen LogP contribution in [0.4, 0.5) is 5.82 Å². The van der Waals surface area contributed by atoms with Crippen LogP contribution in [0, 0.1) is 0 Å². The standard InChI is InChI=1S/C14H12Cl2N2O2/c1-18(2)13-6-3-9(8-17-13)14(19)20-12-5-4-10(15)7-11(12)16/h3-8H,1-2H3. The van der Waals surface area contributed by atoms with Crippen molar-refractivity contribution in [3.63, 3.8) is 0 Å². The van der Waals surface area contributed by atoms with E-state index in [9.17, 15) is 4.79 Å². The molecule has 0 fully saturated rings. The monoisotopic (exact) mass is 310 g/mol. The maximum absolute atomic E-state index is 12.0. The lowest BCUT2D eigenvalue weighted by Crippen LogP contribution is -2.13. The molecule has 2 aromatic rings. The van der Waals surface area contributed by atoms with Gasteiger partial charge in [-0.2, -0.15) is 0 Å². The van der Waals surface area contributed by atoms with E-state index in [2.05, 4.69) is 4.98 Å². The summed E-state index contributed by atoms with van der Waals surface area (Å²) in [4.78, 5) is 18.0. The Morgan fingerprint density at radius 1 is 1.20 bits per heavy atom. The van der Waals surface area contributed by atoms with Crippen molar-refractivity contribution >= 4 is 35.0 Å². The van der Waals surface area contributed by atoms with Crippen LogP contribution < -0.4 is 9.64 Å². The number of aromatic nitrogens is 1. The zero-order valence-corrected chi connectivity index (χ0v) is 12.4. The molecule has 20 heavy (non-hydrogen) atoms. The summed E-state index contributed by atoms with van der Waals surface area (Å²) in [5, 5.41) is 0.760. The van der Waals surface area contributed by atoms with E-state index in [1.54, 1.807) is 24.3 Å². The quantitative estimate of drug-likeness (QED) is 0.641. The summed E-state index contributed by atoms with van der Waals surface area (Å²) in [5.74, 6) is 0.496. The van der Waals surface area contributed by atoms with Gasteiger partial charge in [0.25, 0.3) is 0 Å². The smallest absolute Gasteiger partial charge is 0.345 e. The summed E-state index contributed by atoms with van der Waals surface area (Å²) in [7, 11) is 3.74. The van der Waals surface area contributed by atoms with Crippen LogP contribution in [0.25, 0.3) is 0 Å². The van der Waals surface area contributed by atoms with Crippen molar-refractivity contribution in [2.45, 2.75) is 0 Å². The van der Waals surface area contributed by atoms with Crippen molar-refractivity contribution in [2.24, 2.45) is 0 Å². The van der Waals surface area contributed by atoms with Gasteiger partial charge in [-0.3, -0.25) is 0 Å². The first-order valence-corrected chi connectivity index (χ1v) is 6.53. The molecule has 0 N–H and O–H groups in total. The first kappa shape index (κ1) is 14.6. The highest BCUT2D eigenvalue weighted by molar-refractivity contribution is 6.35. The molecule has 0 unspecified atom stereocenters. The summed E-state index contributed by atoms with van der Waals surface area (Å²) in [6.45, 7) is 0. The van der Waals surface area contributed by atoms with E-state index in [1.807, 2.05) is 19.0 Å². The van der Waals surface area contributed by atoms with Gasteiger partial charge in [0.15, 0.2) is 0 Å². The molecular weight excluding hydrogens is 299 g/mol. The topological polar surface area (TPSA) is 42.4 Å². The molecule has 1 heterocycles. The number of halogens is 2. The van der Waals surface area contributed by atoms with Gasteiger partial charge < -0.3 is 9.64 Å². The molecule has 0 aliphatic heterocycles. The Morgan fingerprint density at radius 2 is 1.95 bits per heavy atom. The fourth-order valence-corrected chi connectivity index (χ4v) is 1.94. The Kier molecular flexibility index (Phi) is 4.47. The predicted molar refractivity (Wildman–Crippen MR) is 80.0 cm³/mol. The largest absolute Gasteiger partial charge is 0.421 e. The number of hydrogen-bond donors (Lipinski definition) is 0. The molecule has 0 atom stereocenters. The first-order chi connectivity index (χ1) is 9.47. The second-order valence-corrected chi connectivity index (χ2v) is 5.11. The molecule has 0 aliphatic rings. The number of anilines is 1. The number of carbonyl (C=O) groups is 1. The number of rotatable bonds is 3. The number of benzene rings is 1. The van der Waals surface area contributed by atoms with E-state index in [0.717, 1.165) is 5.82 Å². The molecule has 104 valence electrons. The summed E-state index contributed by atoms with van der Waals surface area (Å²) >= 11 is 11.7. The molecule has 1 aromatic heterocycles. The maximum Gasteiger partial charge on any atom is 0.345 e. The highest BCUT2D eigenvalue weighted by Gasteiger charge is 2.12. The Balaban J connectivity index is 2.15. The Hall–Kier alpha value is -1.78. The van der Waals surface area contributed by atoms with Gasteiger partial charge >= 0.3 is 5.97 Å². The van der Waals surface area contributed by atoms with Crippen molar-refractivity contribution in [3.05, 3.63) is 52.1 Å². The van der Waals surface area contributed by atoms with E-state index in [1.165, 1.54) is 12.3 Å². The van der Waals surface area contributed by atoms with Crippen LogP contribution in [0.2, 0.25) is 10.0 Å². The van der Waals surface area contributed by atoms with E-state index in [4.69, 9.17) is 27.9 Å². The molecule has 0 saturated carbocycles. The third kappa shape index (κ3) is 3.40. The lowest BCUT2D eigenvalue weighted by atomic mass is 10.3. The average Bonchev–Trinajstić information content (AvgIpc) is 2.42. The minimum Gasteiger partial charge on any atom is -0.421 e. The van der Waals surface area contributed by atoms with Gasteiger partial charge in [0.05, 0.1) is 10.6 Å². The van der Waals surface area contributed by atoms with Gasteiger partial charge in [0.2, 0.25) is 0 Å². The predicted octanol–water partition coefficient (Wildman–Crippen LogP) is 3.67. The van der Waals surface area contributed by atoms with E-state index < -0.39 is 5.97 Å². The van der Waals surface area contributed by atoms with E-state index in [-0.39, 0.29) is 10.8 Å². The highest BCUT2D eigenvalue weighted by atomic mass is 35.5. The molecule has 0 amide bonds. The van der Waals surface area contributed by atoms with Gasteiger partial charge in [-0.15, -0.1) is 0 Å². The van der Waals surface area contributed by atoms with Crippen LogP contribution >= 0.6 is 23.2 Å². The zero-order chi connectivity index (χ0) is 14.7. The van der Waals surface area contributed by atoms with Crippen LogP contribution in [-0.2, 0) is 0 Å². The SMILES string of the molecule is CN(C)c1ccc(C(=O)Oc2ccc(Cl)cc2Cl)cn1. The third-order valence-electron chi connectivity index (χ3n) is 2.54. The minimum atomic E-state index is -0.521. The Morgan fingerprint density at radius 3 is 2.50 bits per heavy atom. The lowest BCUT2D eigenvalue weighted by Gasteiger charge is -2.11. The summed E-state index contributed by atoms with van der Waals surface area (Å²) < 4.78 is 5.20. The molecule has 0 radical (unpaired) electrons. The number of nitrogens with zero attached hydrogens (tertiary/aromatic N) is 2. The van der Waals surface area contributed by atoms with Crippen LogP contribution in [0.1, 0.15) is 10.4 Å². The molecular formula is C14H12Cl2N2O2. The van der Waals surface area contributed by atoms with Crippen molar-refractivity contribution in [2.75, 3.05) is 19.0 Å². The molecule has 1 aromatic carbocycles. The highest BCUT2D eigenvalue weighted by Crippen LogP contribution is 2.28. The molecule has 2 rings (SSSR count). The molecule has 0 bridgehead atoms. The summed E-state index contributed by atoms with van der Waals surface area (Å²) in [6.07, 6.45) is 1.46. The van der Waals surface area contributed by atoms with Crippen LogP contribution in [0.5, 0.6) is 5.75 Å². The summed E-state index contributed by atoms with van der Waals surface area (Å²) in [6, 6.07) is 8.04. The molecule has 0 saturated heterocycles. The number of carbonyl (C=O) groups excluding carboxylic acids is 1. The summed E-state index contributed by atoms with van der Waals surface area (Å²) in [5.41, 5.74) is 0.349. The number of pyridine rings is 1. The van der Waals surface area contributed by atoms with Gasteiger partial charge in [0.1, 0.15) is 11.6 Å². The third-order valence-corrected chi connectivity index (χ3v) is 3.07. The molecule has 4 nitrogen and oxygen atoms in total. The van der Waals surface area contributed by atoms with E-state index in [0.29, 0.717) is 10.6 Å². The number of ether oxygens (including phenoxy) is 1. The second-order valence-electron chi connectivity index (χ2n) is 4.26. The fourth-order valence-electron chi connectivity index (χ4n) is 1.49. The normalized spacial score (nSPS) is 10.2. The average molecular weight is 311 g/mol. The molecule has 0 spiro atoms. The Labute approximate surface area is 126 Å². The number of hydrogen-bond acceptors (Lipinski definition) is 4. The van der Waals surface area contributed by atoms with E-state index >= 15 is 0 Å². The van der Waals surface area contributed by atoms with Crippen molar-refractivity contribution in [1.82, 2.24) is 4.98 Å².